The lowest BCUT2D eigenvalue weighted by molar-refractivity contribution is 0.0994. The third kappa shape index (κ3) is 4.64. The zero-order chi connectivity index (χ0) is 22.3. The van der Waals surface area contributed by atoms with Crippen LogP contribution >= 0.6 is 11.3 Å². The Morgan fingerprint density at radius 1 is 1.07 bits per heavy atom. The largest absolute Gasteiger partial charge is 0.459 e. The molecule has 0 bridgehead atoms. The molecule has 0 atom stereocenters. The van der Waals surface area contributed by atoms with Crippen molar-refractivity contribution in [1.82, 2.24) is 9.78 Å². The SMILES string of the molecule is Cc1cc(NC(=O)c2ccco2)sc1C(=O)Nc1cc(C(C)(C)C)nn1C(C)(C)C. The molecule has 0 aliphatic rings. The van der Waals surface area contributed by atoms with Gasteiger partial charge in [0.15, 0.2) is 5.76 Å². The van der Waals surface area contributed by atoms with E-state index in [1.807, 2.05) is 38.4 Å². The fourth-order valence-electron chi connectivity index (χ4n) is 2.87. The van der Waals surface area contributed by atoms with Crippen LogP contribution in [0.15, 0.2) is 34.9 Å². The van der Waals surface area contributed by atoms with Gasteiger partial charge in [0.25, 0.3) is 11.8 Å². The summed E-state index contributed by atoms with van der Waals surface area (Å²) in [4.78, 5) is 25.8. The summed E-state index contributed by atoms with van der Waals surface area (Å²) in [5.41, 5.74) is 1.25. The highest BCUT2D eigenvalue weighted by atomic mass is 32.1. The molecule has 0 radical (unpaired) electrons. The van der Waals surface area contributed by atoms with Gasteiger partial charge in [0.05, 0.1) is 27.4 Å². The van der Waals surface area contributed by atoms with Gasteiger partial charge in [-0.2, -0.15) is 5.10 Å². The maximum atomic E-state index is 13.0. The number of rotatable bonds is 4. The average molecular weight is 429 g/mol. The Hall–Kier alpha value is -2.87. The fourth-order valence-corrected chi connectivity index (χ4v) is 3.83. The Morgan fingerprint density at radius 3 is 2.33 bits per heavy atom. The van der Waals surface area contributed by atoms with Crippen LogP contribution in [0.4, 0.5) is 10.8 Å². The molecule has 0 unspecified atom stereocenters. The Kier molecular flexibility index (Phi) is 5.64. The van der Waals surface area contributed by atoms with Crippen molar-refractivity contribution < 1.29 is 14.0 Å². The molecule has 3 aromatic heterocycles. The van der Waals surface area contributed by atoms with Crippen molar-refractivity contribution in [3.05, 3.63) is 52.4 Å². The van der Waals surface area contributed by atoms with Crippen LogP contribution in [0.2, 0.25) is 0 Å². The highest BCUT2D eigenvalue weighted by molar-refractivity contribution is 7.18. The predicted molar refractivity (Wildman–Crippen MR) is 120 cm³/mol. The number of thiophene rings is 1. The summed E-state index contributed by atoms with van der Waals surface area (Å²) in [7, 11) is 0. The zero-order valence-electron chi connectivity index (χ0n) is 18.4. The van der Waals surface area contributed by atoms with Gasteiger partial charge >= 0.3 is 0 Å². The highest BCUT2D eigenvalue weighted by Gasteiger charge is 2.26. The number of aryl methyl sites for hydroxylation is 1. The Morgan fingerprint density at radius 2 is 1.77 bits per heavy atom. The van der Waals surface area contributed by atoms with E-state index in [9.17, 15) is 9.59 Å². The molecule has 0 fully saturated rings. The summed E-state index contributed by atoms with van der Waals surface area (Å²) in [6.07, 6.45) is 1.44. The number of nitrogens with zero attached hydrogens (tertiary/aromatic N) is 2. The van der Waals surface area contributed by atoms with E-state index in [2.05, 4.69) is 31.4 Å². The maximum absolute atomic E-state index is 13.0. The molecule has 0 aliphatic carbocycles. The van der Waals surface area contributed by atoms with Crippen molar-refractivity contribution in [2.45, 2.75) is 59.4 Å². The number of hydrogen-bond donors (Lipinski definition) is 2. The molecule has 7 nitrogen and oxygen atoms in total. The number of carbonyl (C=O) groups is 2. The normalized spacial score (nSPS) is 12.1. The molecule has 3 heterocycles. The molecule has 8 heteroatoms. The first-order valence-electron chi connectivity index (χ1n) is 9.74. The van der Waals surface area contributed by atoms with Gasteiger partial charge in [-0.1, -0.05) is 20.8 Å². The second-order valence-electron chi connectivity index (χ2n) is 9.26. The van der Waals surface area contributed by atoms with Gasteiger partial charge in [0.1, 0.15) is 5.82 Å². The summed E-state index contributed by atoms with van der Waals surface area (Å²) in [6.45, 7) is 14.2. The van der Waals surface area contributed by atoms with Gasteiger partial charge < -0.3 is 15.1 Å². The summed E-state index contributed by atoms with van der Waals surface area (Å²) in [5, 5.41) is 11.1. The number of hydrogen-bond acceptors (Lipinski definition) is 5. The second kappa shape index (κ2) is 7.75. The number of nitrogens with one attached hydrogen (secondary N) is 2. The van der Waals surface area contributed by atoms with Crippen LogP contribution in [0, 0.1) is 6.92 Å². The van der Waals surface area contributed by atoms with Crippen molar-refractivity contribution in [2.75, 3.05) is 10.6 Å². The second-order valence-corrected chi connectivity index (χ2v) is 10.3. The first-order valence-corrected chi connectivity index (χ1v) is 10.6. The van der Waals surface area contributed by atoms with Gasteiger partial charge in [-0.05, 0) is 51.5 Å². The van der Waals surface area contributed by atoms with Gasteiger partial charge in [-0.25, -0.2) is 4.68 Å². The van der Waals surface area contributed by atoms with E-state index in [4.69, 9.17) is 9.52 Å². The minimum absolute atomic E-state index is 0.141. The minimum Gasteiger partial charge on any atom is -0.459 e. The van der Waals surface area contributed by atoms with E-state index in [-0.39, 0.29) is 28.5 Å². The van der Waals surface area contributed by atoms with Crippen LogP contribution in [-0.4, -0.2) is 21.6 Å². The number of anilines is 2. The van der Waals surface area contributed by atoms with Crippen LogP contribution in [0.25, 0.3) is 0 Å². The molecule has 0 aromatic carbocycles. The molecule has 0 aliphatic heterocycles. The molecule has 2 N–H and O–H groups in total. The number of aromatic nitrogens is 2. The summed E-state index contributed by atoms with van der Waals surface area (Å²) in [6, 6.07) is 6.94. The van der Waals surface area contributed by atoms with Crippen molar-refractivity contribution in [1.29, 1.82) is 0 Å². The third-order valence-electron chi connectivity index (χ3n) is 4.46. The molecule has 30 heavy (non-hydrogen) atoms. The average Bonchev–Trinajstić information content (AvgIpc) is 3.32. The quantitative estimate of drug-likeness (QED) is 0.582. The minimum atomic E-state index is -0.353. The molecule has 3 rings (SSSR count). The standard InChI is InChI=1S/C22H28N4O3S/c1-13-11-17(24-19(27)14-9-8-10-29-14)30-18(13)20(28)23-16-12-15(21(2,3)4)25-26(16)22(5,6)7/h8-12H,1-7H3,(H,23,28)(H,24,27). The van der Waals surface area contributed by atoms with Crippen molar-refractivity contribution in [3.8, 4) is 0 Å². The number of carbonyl (C=O) groups excluding carboxylic acids is 2. The van der Waals surface area contributed by atoms with Crippen LogP contribution in [0.3, 0.4) is 0 Å². The fraction of sp³-hybridized carbons (Fsp3) is 0.409. The summed E-state index contributed by atoms with van der Waals surface area (Å²) < 4.78 is 6.95. The van der Waals surface area contributed by atoms with Crippen molar-refractivity contribution in [3.63, 3.8) is 0 Å². The van der Waals surface area contributed by atoms with Crippen LogP contribution in [-0.2, 0) is 11.0 Å². The monoisotopic (exact) mass is 428 g/mol. The lowest BCUT2D eigenvalue weighted by Gasteiger charge is -2.23. The van der Waals surface area contributed by atoms with Gasteiger partial charge in [-0.15, -0.1) is 11.3 Å². The molecule has 160 valence electrons. The highest BCUT2D eigenvalue weighted by Crippen LogP contribution is 2.31. The lowest BCUT2D eigenvalue weighted by atomic mass is 9.92. The Bertz CT molecular complexity index is 1060. The molecule has 0 saturated heterocycles. The first kappa shape index (κ1) is 21.8. The van der Waals surface area contributed by atoms with E-state index in [1.165, 1.54) is 17.6 Å². The molecule has 0 spiro atoms. The van der Waals surface area contributed by atoms with E-state index >= 15 is 0 Å². The smallest absolute Gasteiger partial charge is 0.291 e. The summed E-state index contributed by atoms with van der Waals surface area (Å²) >= 11 is 1.22. The predicted octanol–water partition coefficient (Wildman–Crippen LogP) is 5.40. The number of amides is 2. The molecule has 3 aromatic rings. The molecular formula is C22H28N4O3S. The third-order valence-corrected chi connectivity index (χ3v) is 5.61. The topological polar surface area (TPSA) is 89.2 Å². The van der Waals surface area contributed by atoms with Crippen LogP contribution in [0.1, 0.15) is 73.0 Å². The van der Waals surface area contributed by atoms with E-state index in [0.717, 1.165) is 11.3 Å². The van der Waals surface area contributed by atoms with Gasteiger partial charge in [0.2, 0.25) is 0 Å². The Labute approximate surface area is 180 Å². The van der Waals surface area contributed by atoms with Gasteiger partial charge in [-0.3, -0.25) is 9.59 Å². The van der Waals surface area contributed by atoms with Crippen LogP contribution < -0.4 is 10.6 Å². The van der Waals surface area contributed by atoms with E-state index in [1.54, 1.807) is 18.2 Å². The van der Waals surface area contributed by atoms with Crippen molar-refractivity contribution >= 4 is 34.0 Å². The first-order chi connectivity index (χ1) is 13.9. The van der Waals surface area contributed by atoms with Gasteiger partial charge in [0, 0.05) is 11.5 Å². The molecule has 0 saturated carbocycles. The molecule has 2 amide bonds. The molecular weight excluding hydrogens is 400 g/mol. The maximum Gasteiger partial charge on any atom is 0.291 e. The van der Waals surface area contributed by atoms with Crippen LogP contribution in [0.5, 0.6) is 0 Å². The number of furan rings is 1. The zero-order valence-corrected chi connectivity index (χ0v) is 19.2. The van der Waals surface area contributed by atoms with E-state index < -0.39 is 0 Å². The lowest BCUT2D eigenvalue weighted by Crippen LogP contribution is -2.27. The Balaban J connectivity index is 1.84. The van der Waals surface area contributed by atoms with Crippen molar-refractivity contribution in [2.24, 2.45) is 0 Å². The summed E-state index contributed by atoms with van der Waals surface area (Å²) in [5.74, 6) is 0.276. The van der Waals surface area contributed by atoms with E-state index in [0.29, 0.717) is 15.7 Å².